The van der Waals surface area contributed by atoms with E-state index < -0.39 is 0 Å². The van der Waals surface area contributed by atoms with E-state index in [1.807, 2.05) is 98.9 Å². The molecule has 0 saturated carbocycles. The van der Waals surface area contributed by atoms with Gasteiger partial charge in [-0.1, -0.05) is 54.6 Å². The third-order valence-corrected chi connectivity index (χ3v) is 4.27. The highest BCUT2D eigenvalue weighted by Gasteiger charge is 2.16. The van der Waals surface area contributed by atoms with Crippen LogP contribution in [-0.2, 0) is 11.4 Å². The smallest absolute Gasteiger partial charge is 0.255 e. The SMILES string of the molecule is CC(C)ON(c1cccc(OCc2ccccc2)c1)c1ncc2ccccc2n1. The molecule has 0 spiro atoms. The summed E-state index contributed by atoms with van der Waals surface area (Å²) in [6, 6.07) is 25.7. The topological polar surface area (TPSA) is 47.5 Å². The Balaban J connectivity index is 1.62. The lowest BCUT2D eigenvalue weighted by molar-refractivity contribution is 0.0765. The number of aromatic nitrogens is 2. The maximum atomic E-state index is 6.04. The summed E-state index contributed by atoms with van der Waals surface area (Å²) in [6.07, 6.45) is 1.77. The molecule has 0 amide bonds. The molecule has 0 aliphatic rings. The largest absolute Gasteiger partial charge is 0.489 e. The zero-order valence-corrected chi connectivity index (χ0v) is 16.5. The molecule has 0 aliphatic heterocycles. The van der Waals surface area contributed by atoms with Crippen LogP contribution in [0.15, 0.2) is 85.1 Å². The molecule has 0 aliphatic carbocycles. The van der Waals surface area contributed by atoms with E-state index in [4.69, 9.17) is 9.57 Å². The van der Waals surface area contributed by atoms with Crippen LogP contribution in [0, 0.1) is 0 Å². The van der Waals surface area contributed by atoms with Crippen LogP contribution < -0.4 is 9.80 Å². The molecule has 0 atom stereocenters. The van der Waals surface area contributed by atoms with Crippen molar-refractivity contribution in [3.05, 3.63) is 90.6 Å². The Labute approximate surface area is 170 Å². The molecule has 29 heavy (non-hydrogen) atoms. The number of para-hydroxylation sites is 1. The van der Waals surface area contributed by atoms with E-state index in [0.717, 1.165) is 27.9 Å². The predicted molar refractivity (Wildman–Crippen MR) is 115 cm³/mol. The summed E-state index contributed by atoms with van der Waals surface area (Å²) in [5.74, 6) is 1.24. The maximum absolute atomic E-state index is 6.04. The zero-order chi connectivity index (χ0) is 20.1. The van der Waals surface area contributed by atoms with Gasteiger partial charge in [0, 0.05) is 17.6 Å². The van der Waals surface area contributed by atoms with Crippen LogP contribution in [0.1, 0.15) is 19.4 Å². The molecule has 1 aromatic heterocycles. The molecule has 0 saturated heterocycles. The fraction of sp³-hybridized carbons (Fsp3) is 0.167. The highest BCUT2D eigenvalue weighted by molar-refractivity contribution is 5.79. The van der Waals surface area contributed by atoms with Crippen LogP contribution in [0.25, 0.3) is 10.9 Å². The van der Waals surface area contributed by atoms with E-state index >= 15 is 0 Å². The Morgan fingerprint density at radius 2 is 1.69 bits per heavy atom. The third-order valence-electron chi connectivity index (χ3n) is 4.27. The number of hydrogen-bond acceptors (Lipinski definition) is 5. The first-order chi connectivity index (χ1) is 14.2. The average Bonchev–Trinajstić information content (AvgIpc) is 2.76. The van der Waals surface area contributed by atoms with Crippen molar-refractivity contribution < 1.29 is 9.57 Å². The van der Waals surface area contributed by atoms with Gasteiger partial charge in [-0.15, -0.1) is 0 Å². The Morgan fingerprint density at radius 3 is 2.52 bits per heavy atom. The summed E-state index contributed by atoms with van der Waals surface area (Å²) in [5, 5.41) is 2.65. The standard InChI is InChI=1S/C24H23N3O2/c1-18(2)29-27(24-25-16-20-11-6-7-14-23(20)26-24)21-12-8-13-22(15-21)28-17-19-9-4-3-5-10-19/h3-16,18H,17H2,1-2H3. The van der Waals surface area contributed by atoms with Gasteiger partial charge in [0.15, 0.2) is 0 Å². The lowest BCUT2D eigenvalue weighted by atomic mass is 10.2. The van der Waals surface area contributed by atoms with Crippen LogP contribution in [0.5, 0.6) is 5.75 Å². The molecule has 0 fully saturated rings. The quantitative estimate of drug-likeness (QED) is 0.383. The Bertz CT molecular complexity index is 1080. The average molecular weight is 385 g/mol. The molecule has 1 heterocycles. The fourth-order valence-electron chi connectivity index (χ4n) is 2.94. The zero-order valence-electron chi connectivity index (χ0n) is 16.5. The fourth-order valence-corrected chi connectivity index (χ4v) is 2.94. The van der Waals surface area contributed by atoms with Gasteiger partial charge in [-0.25, -0.2) is 9.97 Å². The highest BCUT2D eigenvalue weighted by Crippen LogP contribution is 2.28. The highest BCUT2D eigenvalue weighted by atomic mass is 16.7. The molecule has 0 bridgehead atoms. The number of benzene rings is 3. The minimum absolute atomic E-state index is 0.0426. The van der Waals surface area contributed by atoms with Gasteiger partial charge in [-0.3, -0.25) is 4.84 Å². The number of hydrogen-bond donors (Lipinski definition) is 0. The second kappa shape index (κ2) is 8.71. The summed E-state index contributed by atoms with van der Waals surface area (Å²) in [5.41, 5.74) is 2.79. The van der Waals surface area contributed by atoms with Crippen molar-refractivity contribution in [2.24, 2.45) is 0 Å². The molecular weight excluding hydrogens is 362 g/mol. The molecule has 4 aromatic rings. The van der Waals surface area contributed by atoms with Gasteiger partial charge < -0.3 is 4.74 Å². The molecule has 146 valence electrons. The Morgan fingerprint density at radius 1 is 0.897 bits per heavy atom. The lowest BCUT2D eigenvalue weighted by Crippen LogP contribution is -2.24. The summed E-state index contributed by atoms with van der Waals surface area (Å²) >= 11 is 0. The summed E-state index contributed by atoms with van der Waals surface area (Å²) < 4.78 is 5.97. The Hall–Kier alpha value is -3.44. The van der Waals surface area contributed by atoms with Crippen molar-refractivity contribution in [2.75, 3.05) is 5.06 Å². The van der Waals surface area contributed by atoms with Crippen LogP contribution >= 0.6 is 0 Å². The van der Waals surface area contributed by atoms with Gasteiger partial charge in [-0.2, -0.15) is 5.06 Å². The minimum Gasteiger partial charge on any atom is -0.489 e. The second-order valence-corrected chi connectivity index (χ2v) is 6.95. The van der Waals surface area contributed by atoms with Crippen molar-refractivity contribution in [1.29, 1.82) is 0 Å². The monoisotopic (exact) mass is 385 g/mol. The van der Waals surface area contributed by atoms with E-state index in [-0.39, 0.29) is 6.10 Å². The van der Waals surface area contributed by atoms with Gasteiger partial charge in [0.2, 0.25) is 0 Å². The number of nitrogens with zero attached hydrogens (tertiary/aromatic N) is 3. The molecule has 5 nitrogen and oxygen atoms in total. The molecular formula is C24H23N3O2. The van der Waals surface area contributed by atoms with E-state index in [2.05, 4.69) is 9.97 Å². The van der Waals surface area contributed by atoms with Crippen molar-refractivity contribution >= 4 is 22.5 Å². The lowest BCUT2D eigenvalue weighted by Gasteiger charge is -2.24. The number of anilines is 2. The van der Waals surface area contributed by atoms with E-state index in [1.54, 1.807) is 5.06 Å². The maximum Gasteiger partial charge on any atom is 0.255 e. The van der Waals surface area contributed by atoms with Crippen LogP contribution in [0.3, 0.4) is 0 Å². The Kier molecular flexibility index (Phi) is 5.68. The molecule has 3 aromatic carbocycles. The van der Waals surface area contributed by atoms with Gasteiger partial charge in [0.05, 0.1) is 17.3 Å². The first-order valence-corrected chi connectivity index (χ1v) is 9.64. The summed E-state index contributed by atoms with van der Waals surface area (Å²) in [7, 11) is 0. The van der Waals surface area contributed by atoms with E-state index in [0.29, 0.717) is 12.6 Å². The van der Waals surface area contributed by atoms with Gasteiger partial charge in [0.1, 0.15) is 12.4 Å². The van der Waals surface area contributed by atoms with Crippen LogP contribution in [-0.4, -0.2) is 16.1 Å². The van der Waals surface area contributed by atoms with E-state index in [9.17, 15) is 0 Å². The van der Waals surface area contributed by atoms with Crippen molar-refractivity contribution in [3.63, 3.8) is 0 Å². The van der Waals surface area contributed by atoms with Crippen LogP contribution in [0.2, 0.25) is 0 Å². The van der Waals surface area contributed by atoms with Crippen LogP contribution in [0.4, 0.5) is 11.6 Å². The first kappa shape index (κ1) is 18.9. The van der Waals surface area contributed by atoms with Crippen molar-refractivity contribution in [1.82, 2.24) is 9.97 Å². The van der Waals surface area contributed by atoms with Gasteiger partial charge in [0.25, 0.3) is 5.95 Å². The summed E-state index contributed by atoms with van der Waals surface area (Å²) in [4.78, 5) is 15.2. The predicted octanol–water partition coefficient (Wildman–Crippen LogP) is 5.69. The molecule has 5 heteroatoms. The van der Waals surface area contributed by atoms with E-state index in [1.165, 1.54) is 0 Å². The second-order valence-electron chi connectivity index (χ2n) is 6.95. The molecule has 0 radical (unpaired) electrons. The van der Waals surface area contributed by atoms with Crippen molar-refractivity contribution in [2.45, 2.75) is 26.6 Å². The first-order valence-electron chi connectivity index (χ1n) is 9.64. The minimum atomic E-state index is -0.0426. The molecule has 4 rings (SSSR count). The van der Waals surface area contributed by atoms with Crippen molar-refractivity contribution in [3.8, 4) is 5.75 Å². The molecule has 0 unspecified atom stereocenters. The van der Waals surface area contributed by atoms with Gasteiger partial charge in [-0.05, 0) is 37.6 Å². The number of rotatable bonds is 7. The third kappa shape index (κ3) is 4.70. The normalized spacial score (nSPS) is 11.0. The number of fused-ring (bicyclic) bond motifs is 1. The van der Waals surface area contributed by atoms with Gasteiger partial charge >= 0.3 is 0 Å². The molecule has 0 N–H and O–H groups in total. The number of ether oxygens (including phenoxy) is 1. The summed E-state index contributed by atoms with van der Waals surface area (Å²) in [6.45, 7) is 4.45.